The van der Waals surface area contributed by atoms with Crippen molar-refractivity contribution in [3.8, 4) is 9.88 Å². The van der Waals surface area contributed by atoms with Gasteiger partial charge < -0.3 is 5.11 Å². The van der Waals surface area contributed by atoms with Crippen molar-refractivity contribution in [2.75, 3.05) is 0 Å². The largest absolute Gasteiger partial charge is 0.385 e. The first-order valence-electron chi connectivity index (χ1n) is 5.28. The molecule has 86 valence electrons. The third kappa shape index (κ3) is 2.19. The summed E-state index contributed by atoms with van der Waals surface area (Å²) in [6.07, 6.45) is 0.862. The Bertz CT molecular complexity index is 466. The fraction of sp³-hybridized carbons (Fsp3) is 0.417. The van der Waals surface area contributed by atoms with Crippen molar-refractivity contribution < 1.29 is 5.11 Å². The number of thiazole rings is 1. The van der Waals surface area contributed by atoms with Gasteiger partial charge in [0.15, 0.2) is 0 Å². The quantitative estimate of drug-likeness (QED) is 0.905. The Morgan fingerprint density at radius 3 is 2.62 bits per heavy atom. The normalized spacial score (nSPS) is 12.0. The number of rotatable bonds is 3. The molecule has 2 rings (SSSR count). The van der Waals surface area contributed by atoms with Crippen LogP contribution >= 0.6 is 22.7 Å². The molecule has 2 nitrogen and oxygen atoms in total. The smallest absolute Gasteiger partial charge is 0.133 e. The maximum Gasteiger partial charge on any atom is 0.133 e. The van der Waals surface area contributed by atoms with Crippen LogP contribution in [0.25, 0.3) is 9.88 Å². The molecule has 0 aliphatic carbocycles. The zero-order chi connectivity index (χ0) is 11.8. The predicted octanol–water partition coefficient (Wildman–Crippen LogP) is 3.66. The lowest BCUT2D eigenvalue weighted by atomic mass is 10.1. The van der Waals surface area contributed by atoms with Crippen LogP contribution in [0.1, 0.15) is 31.3 Å². The molecule has 1 N–H and O–H groups in total. The van der Waals surface area contributed by atoms with Gasteiger partial charge in [-0.05, 0) is 31.7 Å². The van der Waals surface area contributed by atoms with E-state index in [0.717, 1.165) is 22.0 Å². The van der Waals surface area contributed by atoms with E-state index in [4.69, 9.17) is 0 Å². The number of thiophene rings is 1. The van der Waals surface area contributed by atoms with E-state index >= 15 is 0 Å². The van der Waals surface area contributed by atoms with Crippen LogP contribution in [-0.4, -0.2) is 10.1 Å². The van der Waals surface area contributed by atoms with Crippen LogP contribution in [0.2, 0.25) is 0 Å². The Balaban J connectivity index is 2.48. The molecule has 0 aliphatic heterocycles. The molecule has 0 saturated carbocycles. The summed E-state index contributed by atoms with van der Waals surface area (Å²) >= 11 is 3.28. The van der Waals surface area contributed by atoms with Crippen LogP contribution in [0.5, 0.6) is 0 Å². The minimum Gasteiger partial charge on any atom is -0.385 e. The lowest BCUT2D eigenvalue weighted by Crippen LogP contribution is -2.15. The molecule has 0 aliphatic rings. The van der Waals surface area contributed by atoms with Crippen molar-refractivity contribution >= 4 is 22.7 Å². The van der Waals surface area contributed by atoms with Crippen LogP contribution in [0.3, 0.4) is 0 Å². The standard InChI is InChI=1S/C12H15NOS2/c1-4-8-10(12(2,3)14)16-11(13-8)9-6-5-7-15-9/h5-7,14H,4H2,1-3H3. The lowest BCUT2D eigenvalue weighted by Gasteiger charge is -2.15. The second-order valence-electron chi connectivity index (χ2n) is 4.18. The average Bonchev–Trinajstić information content (AvgIpc) is 2.85. The first kappa shape index (κ1) is 11.8. The van der Waals surface area contributed by atoms with Gasteiger partial charge in [0.25, 0.3) is 0 Å². The molecule has 16 heavy (non-hydrogen) atoms. The number of aryl methyl sites for hydroxylation is 1. The summed E-state index contributed by atoms with van der Waals surface area (Å²) in [6, 6.07) is 4.09. The van der Waals surface area contributed by atoms with Gasteiger partial charge in [0.1, 0.15) is 5.01 Å². The van der Waals surface area contributed by atoms with E-state index in [9.17, 15) is 5.11 Å². The molecule has 0 fully saturated rings. The molecule has 2 aromatic heterocycles. The van der Waals surface area contributed by atoms with Crippen molar-refractivity contribution in [1.29, 1.82) is 0 Å². The maximum atomic E-state index is 10.1. The van der Waals surface area contributed by atoms with E-state index < -0.39 is 5.60 Å². The summed E-state index contributed by atoms with van der Waals surface area (Å²) < 4.78 is 0. The highest BCUT2D eigenvalue weighted by Gasteiger charge is 2.24. The monoisotopic (exact) mass is 253 g/mol. The third-order valence-electron chi connectivity index (χ3n) is 2.32. The van der Waals surface area contributed by atoms with Gasteiger partial charge in [-0.3, -0.25) is 0 Å². The van der Waals surface area contributed by atoms with E-state index in [2.05, 4.69) is 18.0 Å². The van der Waals surface area contributed by atoms with Crippen LogP contribution < -0.4 is 0 Å². The van der Waals surface area contributed by atoms with Gasteiger partial charge in [0, 0.05) is 0 Å². The number of aliphatic hydroxyl groups is 1. The van der Waals surface area contributed by atoms with Crippen molar-refractivity contribution in [1.82, 2.24) is 4.98 Å². The Morgan fingerprint density at radius 1 is 1.44 bits per heavy atom. The molecule has 0 saturated heterocycles. The molecule has 2 heterocycles. The molecule has 0 amide bonds. The Kier molecular flexibility index (Phi) is 3.15. The van der Waals surface area contributed by atoms with Gasteiger partial charge in [0.05, 0.1) is 21.0 Å². The van der Waals surface area contributed by atoms with Crippen molar-refractivity contribution in [3.63, 3.8) is 0 Å². The van der Waals surface area contributed by atoms with Gasteiger partial charge in [-0.2, -0.15) is 0 Å². The number of aromatic nitrogens is 1. The first-order valence-corrected chi connectivity index (χ1v) is 6.98. The molecule has 0 radical (unpaired) electrons. The van der Waals surface area contributed by atoms with Crippen molar-refractivity contribution in [3.05, 3.63) is 28.1 Å². The minimum atomic E-state index is -0.793. The second-order valence-corrected chi connectivity index (χ2v) is 6.13. The predicted molar refractivity (Wildman–Crippen MR) is 70.0 cm³/mol. The number of hydrogen-bond acceptors (Lipinski definition) is 4. The maximum absolute atomic E-state index is 10.1. The van der Waals surface area contributed by atoms with Gasteiger partial charge in [-0.25, -0.2) is 4.98 Å². The Labute approximate surface area is 104 Å². The highest BCUT2D eigenvalue weighted by atomic mass is 32.1. The molecule has 0 spiro atoms. The first-order chi connectivity index (χ1) is 7.52. The van der Waals surface area contributed by atoms with E-state index in [-0.39, 0.29) is 0 Å². The van der Waals surface area contributed by atoms with Crippen LogP contribution in [0, 0.1) is 0 Å². The van der Waals surface area contributed by atoms with E-state index in [1.54, 1.807) is 22.7 Å². The fourth-order valence-electron chi connectivity index (χ4n) is 1.57. The average molecular weight is 253 g/mol. The van der Waals surface area contributed by atoms with Crippen molar-refractivity contribution in [2.45, 2.75) is 32.8 Å². The Hall–Kier alpha value is -0.710. The van der Waals surface area contributed by atoms with Gasteiger partial charge in [-0.15, -0.1) is 22.7 Å². The van der Waals surface area contributed by atoms with Crippen LogP contribution in [0.4, 0.5) is 0 Å². The Morgan fingerprint density at radius 2 is 2.19 bits per heavy atom. The minimum absolute atomic E-state index is 0.793. The van der Waals surface area contributed by atoms with Crippen LogP contribution in [-0.2, 0) is 12.0 Å². The van der Waals surface area contributed by atoms with Gasteiger partial charge in [-0.1, -0.05) is 13.0 Å². The summed E-state index contributed by atoms with van der Waals surface area (Å²) in [5.41, 5.74) is 0.222. The molecular formula is C12H15NOS2. The molecular weight excluding hydrogens is 238 g/mol. The topological polar surface area (TPSA) is 33.1 Å². The third-order valence-corrected chi connectivity index (χ3v) is 4.77. The summed E-state index contributed by atoms with van der Waals surface area (Å²) in [5.74, 6) is 0. The van der Waals surface area contributed by atoms with Crippen LogP contribution in [0.15, 0.2) is 17.5 Å². The highest BCUT2D eigenvalue weighted by molar-refractivity contribution is 7.21. The molecule has 0 atom stereocenters. The zero-order valence-corrected chi connectivity index (χ0v) is 11.3. The highest BCUT2D eigenvalue weighted by Crippen LogP contribution is 2.36. The van der Waals surface area contributed by atoms with E-state index in [1.165, 1.54) is 4.88 Å². The van der Waals surface area contributed by atoms with E-state index in [1.807, 2.05) is 25.3 Å². The summed E-state index contributed by atoms with van der Waals surface area (Å²) in [5, 5.41) is 13.2. The molecule has 4 heteroatoms. The number of nitrogens with zero attached hydrogens (tertiary/aromatic N) is 1. The molecule has 0 bridgehead atoms. The molecule has 0 aromatic carbocycles. The SMILES string of the molecule is CCc1nc(-c2cccs2)sc1C(C)(C)O. The number of hydrogen-bond donors (Lipinski definition) is 1. The molecule has 0 unspecified atom stereocenters. The second kappa shape index (κ2) is 4.28. The molecule has 2 aromatic rings. The zero-order valence-electron chi connectivity index (χ0n) is 9.65. The van der Waals surface area contributed by atoms with E-state index in [0.29, 0.717) is 0 Å². The van der Waals surface area contributed by atoms with Gasteiger partial charge >= 0.3 is 0 Å². The lowest BCUT2D eigenvalue weighted by molar-refractivity contribution is 0.0814. The van der Waals surface area contributed by atoms with Gasteiger partial charge in [0.2, 0.25) is 0 Å². The van der Waals surface area contributed by atoms with Crippen molar-refractivity contribution in [2.24, 2.45) is 0 Å². The summed E-state index contributed by atoms with van der Waals surface area (Å²) in [6.45, 7) is 5.71. The summed E-state index contributed by atoms with van der Waals surface area (Å²) in [4.78, 5) is 6.77. The summed E-state index contributed by atoms with van der Waals surface area (Å²) in [7, 11) is 0. The fourth-order valence-corrected chi connectivity index (χ4v) is 3.53.